The number of carbonyl (C=O) groups excluding carboxylic acids is 1. The number of nitrogens with two attached hydrogens (primary N) is 2. The molecule has 2 aliphatic rings. The van der Waals surface area contributed by atoms with Crippen LogP contribution in [0.4, 0.5) is 11.4 Å². The number of carbonyl (C=O) groups is 2. The van der Waals surface area contributed by atoms with Crippen molar-refractivity contribution < 1.29 is 19.4 Å². The van der Waals surface area contributed by atoms with Gasteiger partial charge in [0.15, 0.2) is 5.78 Å². The Morgan fingerprint density at radius 2 is 1.59 bits per heavy atom. The number of carboxylic acids is 1. The van der Waals surface area contributed by atoms with Crippen LogP contribution in [0, 0.1) is 0 Å². The molecular formula is C34H39Br2N5O4S. The van der Waals surface area contributed by atoms with Gasteiger partial charge in [0, 0.05) is 81.7 Å². The van der Waals surface area contributed by atoms with Crippen molar-refractivity contribution in [3.63, 3.8) is 0 Å². The molecule has 0 aliphatic carbocycles. The Morgan fingerprint density at radius 1 is 0.935 bits per heavy atom. The lowest BCUT2D eigenvalue weighted by molar-refractivity contribution is 0.0702. The summed E-state index contributed by atoms with van der Waals surface area (Å²) in [6, 6.07) is 23.6. The number of ketones is 1. The number of rotatable bonds is 3. The summed E-state index contributed by atoms with van der Waals surface area (Å²) in [6.45, 7) is 7.69. The van der Waals surface area contributed by atoms with Crippen molar-refractivity contribution in [1.82, 2.24) is 9.88 Å². The van der Waals surface area contributed by atoms with Gasteiger partial charge < -0.3 is 36.1 Å². The third kappa shape index (κ3) is 10.6. The van der Waals surface area contributed by atoms with E-state index >= 15 is 0 Å². The van der Waals surface area contributed by atoms with Gasteiger partial charge in [0.1, 0.15) is 4.88 Å². The molecule has 244 valence electrons. The van der Waals surface area contributed by atoms with Crippen molar-refractivity contribution in [3.8, 4) is 0 Å². The van der Waals surface area contributed by atoms with Gasteiger partial charge >= 0.3 is 5.97 Å². The second kappa shape index (κ2) is 17.1. The number of carboxylic acid groups (broad SMARTS) is 1. The van der Waals surface area contributed by atoms with Gasteiger partial charge in [0.25, 0.3) is 0 Å². The molecule has 0 bridgehead atoms. The molecule has 9 nitrogen and oxygen atoms in total. The topological polar surface area (TPSA) is 138 Å². The van der Waals surface area contributed by atoms with Crippen LogP contribution >= 0.6 is 43.2 Å². The van der Waals surface area contributed by atoms with E-state index in [-0.39, 0.29) is 5.78 Å². The number of benzene rings is 3. The molecule has 2 aliphatic heterocycles. The monoisotopic (exact) mass is 771 g/mol. The van der Waals surface area contributed by atoms with Gasteiger partial charge in [-0.2, -0.15) is 0 Å². The second-order valence-electron chi connectivity index (χ2n) is 11.1. The summed E-state index contributed by atoms with van der Waals surface area (Å²) in [5, 5.41) is 10.8. The van der Waals surface area contributed by atoms with Gasteiger partial charge in [0.2, 0.25) is 0 Å². The number of hydrogen-bond acceptors (Lipinski definition) is 8. The minimum Gasteiger partial charge on any atom is -0.477 e. The number of anilines is 2. The Balaban J connectivity index is 0.000000144. The fourth-order valence-corrected chi connectivity index (χ4v) is 6.52. The third-order valence-electron chi connectivity index (χ3n) is 7.38. The Hall–Kier alpha value is -3.26. The molecule has 12 heteroatoms. The average Bonchev–Trinajstić information content (AvgIpc) is 3.78. The number of piperazine rings is 1. The number of nitrogens with zero attached hydrogens (tertiary/aromatic N) is 2. The van der Waals surface area contributed by atoms with Crippen LogP contribution < -0.4 is 16.4 Å². The van der Waals surface area contributed by atoms with Crippen LogP contribution in [0.3, 0.4) is 0 Å². The van der Waals surface area contributed by atoms with E-state index in [4.69, 9.17) is 21.3 Å². The maximum absolute atomic E-state index is 11.1. The van der Waals surface area contributed by atoms with Gasteiger partial charge in [-0.3, -0.25) is 4.79 Å². The fourth-order valence-electron chi connectivity index (χ4n) is 4.70. The van der Waals surface area contributed by atoms with Crippen LogP contribution in [-0.2, 0) is 4.74 Å². The van der Waals surface area contributed by atoms with Gasteiger partial charge in [0.05, 0.1) is 12.3 Å². The van der Waals surface area contributed by atoms with Crippen molar-refractivity contribution in [2.24, 2.45) is 5.73 Å². The number of fused-ring (bicyclic) bond motifs is 2. The lowest BCUT2D eigenvalue weighted by Gasteiger charge is -2.34. The predicted molar refractivity (Wildman–Crippen MR) is 196 cm³/mol. The van der Waals surface area contributed by atoms with E-state index in [2.05, 4.69) is 65.8 Å². The number of nitrogen functional groups attached to an aromatic ring is 1. The zero-order valence-corrected chi connectivity index (χ0v) is 29.8. The molecular weight excluding hydrogens is 734 g/mol. The molecule has 1 unspecified atom stereocenters. The summed E-state index contributed by atoms with van der Waals surface area (Å²) in [5.74, 6) is -0.801. The molecule has 3 aromatic carbocycles. The highest BCUT2D eigenvalue weighted by Crippen LogP contribution is 2.28. The van der Waals surface area contributed by atoms with Crippen LogP contribution in [-0.4, -0.2) is 79.2 Å². The largest absolute Gasteiger partial charge is 0.477 e. The van der Waals surface area contributed by atoms with Crippen molar-refractivity contribution >= 4 is 87.3 Å². The summed E-state index contributed by atoms with van der Waals surface area (Å²) < 4.78 is 7.91. The van der Waals surface area contributed by atoms with Crippen molar-refractivity contribution in [2.45, 2.75) is 19.4 Å². The minimum absolute atomic E-state index is 0.0623. The first-order chi connectivity index (χ1) is 22.0. The van der Waals surface area contributed by atoms with E-state index in [9.17, 15) is 9.59 Å². The maximum atomic E-state index is 11.1. The van der Waals surface area contributed by atoms with Crippen molar-refractivity contribution in [1.29, 1.82) is 0 Å². The molecule has 2 fully saturated rings. The summed E-state index contributed by atoms with van der Waals surface area (Å²) in [4.78, 5) is 29.9. The van der Waals surface area contributed by atoms with Crippen LogP contribution in [0.2, 0.25) is 0 Å². The predicted octanol–water partition coefficient (Wildman–Crippen LogP) is 7.25. The lowest BCUT2D eigenvalue weighted by atomic mass is 10.2. The Bertz CT molecular complexity index is 1650. The summed E-state index contributed by atoms with van der Waals surface area (Å²) >= 11 is 8.00. The van der Waals surface area contributed by atoms with E-state index < -0.39 is 5.97 Å². The number of ether oxygens (including phenoxy) is 1. The first-order valence-electron chi connectivity index (χ1n) is 14.8. The van der Waals surface area contributed by atoms with Gasteiger partial charge in [-0.05, 0) is 79.5 Å². The first kappa shape index (κ1) is 35.6. The van der Waals surface area contributed by atoms with Gasteiger partial charge in [-0.15, -0.1) is 11.3 Å². The second-order valence-corrected chi connectivity index (χ2v) is 14.0. The Labute approximate surface area is 289 Å². The number of H-pyrrole nitrogens is 1. The van der Waals surface area contributed by atoms with E-state index in [0.717, 1.165) is 81.4 Å². The summed E-state index contributed by atoms with van der Waals surface area (Å²) in [6.07, 6.45) is 1.04. The molecule has 7 rings (SSSR count). The van der Waals surface area contributed by atoms with E-state index in [1.165, 1.54) is 17.0 Å². The summed E-state index contributed by atoms with van der Waals surface area (Å²) in [7, 11) is 2.17. The normalized spacial score (nSPS) is 16.1. The number of thiophene rings is 1. The molecule has 2 aromatic heterocycles. The molecule has 5 aromatic rings. The van der Waals surface area contributed by atoms with Crippen LogP contribution in [0.25, 0.3) is 21.0 Å². The number of nitrogens with one attached hydrogen (secondary N) is 1. The van der Waals surface area contributed by atoms with E-state index in [0.29, 0.717) is 16.6 Å². The highest BCUT2D eigenvalue weighted by Gasteiger charge is 2.13. The average molecular weight is 774 g/mol. The number of aromatic amines is 1. The standard InChI is InChI=1S/C11H17N3.C10H8BrNO.C9H5BrO2S.C4H9NO/c1-13-6-8-14(9-7-13)11-4-2-10(12)3-5-11;1-6(13)9-4-7-2-3-8(11)5-10(7)12-9;10-6-2-1-5-3-8(9(11)12)13-7(5)4-6;5-4-1-2-6-3-4/h2-5H,6-9,12H2,1H3;2-5,12H,1H3;1-4H,(H,11,12);4H,1-3,5H2. The molecule has 0 amide bonds. The molecule has 0 saturated carbocycles. The van der Waals surface area contributed by atoms with E-state index in [1.54, 1.807) is 13.0 Å². The molecule has 46 heavy (non-hydrogen) atoms. The molecule has 2 saturated heterocycles. The minimum atomic E-state index is -0.864. The molecule has 0 radical (unpaired) electrons. The maximum Gasteiger partial charge on any atom is 0.345 e. The summed E-state index contributed by atoms with van der Waals surface area (Å²) in [5.41, 5.74) is 14.8. The number of Topliss-reactive ketones (excluding diaryl/α,β-unsaturated/α-hetero) is 1. The van der Waals surface area contributed by atoms with Crippen LogP contribution in [0.1, 0.15) is 33.5 Å². The van der Waals surface area contributed by atoms with Gasteiger partial charge in [-0.25, -0.2) is 4.79 Å². The Kier molecular flexibility index (Phi) is 13.2. The number of halogens is 2. The zero-order valence-electron chi connectivity index (χ0n) is 25.8. The molecule has 4 heterocycles. The number of likely N-dealkylation sites (N-methyl/N-ethyl adjacent to an activating group) is 1. The fraction of sp³-hybridized carbons (Fsp3) is 0.294. The van der Waals surface area contributed by atoms with Crippen LogP contribution in [0.5, 0.6) is 0 Å². The Morgan fingerprint density at radius 3 is 2.15 bits per heavy atom. The van der Waals surface area contributed by atoms with E-state index in [1.807, 2.05) is 54.6 Å². The lowest BCUT2D eigenvalue weighted by Crippen LogP contribution is -2.44. The molecule has 6 N–H and O–H groups in total. The first-order valence-corrected chi connectivity index (χ1v) is 17.2. The molecule has 1 atom stereocenters. The highest BCUT2D eigenvalue weighted by molar-refractivity contribution is 9.10. The van der Waals surface area contributed by atoms with Crippen LogP contribution in [0.15, 0.2) is 81.7 Å². The van der Waals surface area contributed by atoms with Gasteiger partial charge in [-0.1, -0.05) is 44.0 Å². The quantitative estimate of drug-likeness (QED) is 0.111. The third-order valence-corrected chi connectivity index (χ3v) is 9.46. The number of aromatic nitrogens is 1. The SMILES string of the molecule is CC(=O)c1cc2ccc(Br)cc2[nH]1.CN1CCN(c2ccc(N)cc2)CC1.NC1CCOC1.O=C(O)c1cc2ccc(Br)cc2s1. The van der Waals surface area contributed by atoms with Crippen molar-refractivity contribution in [3.05, 3.63) is 92.3 Å². The number of aromatic carboxylic acids is 1. The van der Waals surface area contributed by atoms with Crippen molar-refractivity contribution in [2.75, 3.05) is 57.1 Å². The smallest absolute Gasteiger partial charge is 0.345 e. The molecule has 0 spiro atoms. The highest BCUT2D eigenvalue weighted by atomic mass is 79.9. The number of hydrogen-bond donors (Lipinski definition) is 4. The zero-order chi connectivity index (χ0) is 33.2.